The summed E-state index contributed by atoms with van der Waals surface area (Å²) in [5.74, 6) is 1.63. The second-order valence-electron chi connectivity index (χ2n) is 7.45. The van der Waals surface area contributed by atoms with Crippen molar-refractivity contribution in [3.8, 4) is 5.75 Å². The summed E-state index contributed by atoms with van der Waals surface area (Å²) in [5, 5.41) is 10.8. The average Bonchev–Trinajstić information content (AvgIpc) is 3.33. The number of rotatable bonds is 4. The van der Waals surface area contributed by atoms with Crippen molar-refractivity contribution < 1.29 is 14.2 Å². The average molecular weight is 395 g/mol. The molecule has 0 spiro atoms. The lowest BCUT2D eigenvalue weighted by atomic mass is 9.93. The number of hydrogen-bond donors (Lipinski definition) is 4. The second-order valence-corrected chi connectivity index (χ2v) is 7.45. The van der Waals surface area contributed by atoms with Crippen LogP contribution in [0, 0.1) is 0 Å². The van der Waals surface area contributed by atoms with Crippen LogP contribution in [0.2, 0.25) is 0 Å². The van der Waals surface area contributed by atoms with Crippen molar-refractivity contribution in [1.82, 2.24) is 21.1 Å². The van der Waals surface area contributed by atoms with E-state index in [2.05, 4.69) is 31.6 Å². The maximum atomic E-state index is 12.2. The van der Waals surface area contributed by atoms with Crippen LogP contribution in [0.3, 0.4) is 0 Å². The summed E-state index contributed by atoms with van der Waals surface area (Å²) in [5.41, 5.74) is 7.88. The summed E-state index contributed by atoms with van der Waals surface area (Å²) in [4.78, 5) is 22.1. The third-order valence-corrected chi connectivity index (χ3v) is 4.11. The van der Waals surface area contributed by atoms with Gasteiger partial charge in [-0.15, -0.1) is 0 Å². The molecule has 1 aromatic carbocycles. The first kappa shape index (κ1) is 18.4. The number of hydrogen-bond acceptors (Lipinski definition) is 8. The van der Waals surface area contributed by atoms with E-state index in [1.807, 2.05) is 20.8 Å². The fourth-order valence-corrected chi connectivity index (χ4v) is 2.59. The minimum absolute atomic E-state index is 0.185. The molecule has 1 aromatic heterocycles. The van der Waals surface area contributed by atoms with Crippen LogP contribution in [-0.4, -0.2) is 22.6 Å². The lowest BCUT2D eigenvalue weighted by Gasteiger charge is -2.22. The van der Waals surface area contributed by atoms with Gasteiger partial charge in [-0.25, -0.2) is 9.79 Å². The molecule has 0 fully saturated rings. The topological polar surface area (TPSA) is 116 Å². The minimum atomic E-state index is -0.418. The van der Waals surface area contributed by atoms with Crippen molar-refractivity contribution in [2.75, 3.05) is 10.6 Å². The van der Waals surface area contributed by atoms with E-state index < -0.39 is 6.03 Å². The van der Waals surface area contributed by atoms with Crippen molar-refractivity contribution in [3.05, 3.63) is 59.9 Å². The molecule has 0 aliphatic carbocycles. The Morgan fingerprint density at radius 3 is 2.72 bits per heavy atom. The number of anilines is 2. The summed E-state index contributed by atoms with van der Waals surface area (Å²) in [6, 6.07) is 8.24. The molecule has 2 aromatic rings. The maximum Gasteiger partial charge on any atom is 0.324 e. The van der Waals surface area contributed by atoms with E-state index >= 15 is 0 Å². The molecule has 10 heteroatoms. The van der Waals surface area contributed by atoms with Gasteiger partial charge in [0, 0.05) is 23.4 Å². The van der Waals surface area contributed by atoms with E-state index in [9.17, 15) is 4.79 Å². The predicted molar refractivity (Wildman–Crippen MR) is 108 cm³/mol. The van der Waals surface area contributed by atoms with E-state index in [0.29, 0.717) is 23.0 Å². The molecule has 150 valence electrons. The molecule has 2 aliphatic rings. The Kier molecular flexibility index (Phi) is 4.59. The van der Waals surface area contributed by atoms with Crippen LogP contribution < -0.4 is 26.3 Å². The van der Waals surface area contributed by atoms with Crippen LogP contribution in [0.15, 0.2) is 63.6 Å². The van der Waals surface area contributed by atoms with Crippen molar-refractivity contribution in [2.24, 2.45) is 4.99 Å². The molecule has 3 heterocycles. The van der Waals surface area contributed by atoms with E-state index in [0.717, 1.165) is 11.4 Å². The number of nitrogens with zero attached hydrogens (tertiary/aromatic N) is 3. The van der Waals surface area contributed by atoms with Gasteiger partial charge in [0.15, 0.2) is 11.6 Å². The number of hydroxylamine groups is 2. The van der Waals surface area contributed by atoms with E-state index in [4.69, 9.17) is 9.36 Å². The van der Waals surface area contributed by atoms with Crippen LogP contribution in [0.25, 0.3) is 0 Å². The Morgan fingerprint density at radius 2 is 2.00 bits per heavy atom. The molecule has 0 atom stereocenters. The third kappa shape index (κ3) is 4.15. The van der Waals surface area contributed by atoms with Gasteiger partial charge >= 0.3 is 6.03 Å². The third-order valence-electron chi connectivity index (χ3n) is 4.11. The molecule has 0 saturated carbocycles. The summed E-state index contributed by atoms with van der Waals surface area (Å²) >= 11 is 0. The number of nitrogens with one attached hydrogen (secondary N) is 4. The molecule has 0 unspecified atom stereocenters. The number of hydrazine groups is 1. The number of aliphatic imine (C=N–C) groups is 1. The first-order valence-electron chi connectivity index (χ1n) is 8.96. The highest BCUT2D eigenvalue weighted by atomic mass is 16.7. The second kappa shape index (κ2) is 7.23. The van der Waals surface area contributed by atoms with E-state index in [1.165, 1.54) is 5.06 Å². The van der Waals surface area contributed by atoms with Gasteiger partial charge in [0.25, 0.3) is 0 Å². The highest BCUT2D eigenvalue weighted by Gasteiger charge is 2.22. The van der Waals surface area contributed by atoms with Crippen LogP contribution >= 0.6 is 0 Å². The summed E-state index contributed by atoms with van der Waals surface area (Å²) in [7, 11) is 0. The number of carbonyl (C=O) groups is 1. The van der Waals surface area contributed by atoms with Gasteiger partial charge in [0.2, 0.25) is 0 Å². The van der Waals surface area contributed by atoms with Gasteiger partial charge in [0.05, 0.1) is 6.20 Å². The minimum Gasteiger partial charge on any atom is -0.374 e. The van der Waals surface area contributed by atoms with Gasteiger partial charge in [-0.1, -0.05) is 25.9 Å². The molecule has 0 radical (unpaired) electrons. The molecular weight excluding hydrogens is 374 g/mol. The van der Waals surface area contributed by atoms with Crippen LogP contribution in [-0.2, 0) is 5.41 Å². The van der Waals surface area contributed by atoms with Crippen molar-refractivity contribution >= 4 is 23.9 Å². The summed E-state index contributed by atoms with van der Waals surface area (Å²) < 4.78 is 5.26. The predicted octanol–water partition coefficient (Wildman–Crippen LogP) is 3.04. The smallest absolute Gasteiger partial charge is 0.324 e. The zero-order chi connectivity index (χ0) is 20.4. The first-order valence-corrected chi connectivity index (χ1v) is 8.96. The zero-order valence-electron chi connectivity index (χ0n) is 16.2. The quantitative estimate of drug-likeness (QED) is 0.629. The van der Waals surface area contributed by atoms with Crippen LogP contribution in [0.5, 0.6) is 5.75 Å². The maximum absolute atomic E-state index is 12.2. The van der Waals surface area contributed by atoms with E-state index in [1.54, 1.807) is 49.1 Å². The zero-order valence-corrected chi connectivity index (χ0v) is 16.2. The molecule has 10 nitrogen and oxygen atoms in total. The SMILES string of the molecule is CC(C)(C)c1cc(NC(=O)Nc2ccc(ON3C=NC=C4NNC=C43)cc2)no1. The fourth-order valence-electron chi connectivity index (χ4n) is 2.59. The number of amides is 2. The number of urea groups is 1. The largest absolute Gasteiger partial charge is 0.374 e. The van der Waals surface area contributed by atoms with Crippen molar-refractivity contribution in [2.45, 2.75) is 26.2 Å². The number of fused-ring (bicyclic) bond motifs is 1. The first-order chi connectivity index (χ1) is 13.9. The lowest BCUT2D eigenvalue weighted by molar-refractivity contribution is 0.0646. The normalized spacial score (nSPS) is 14.9. The van der Waals surface area contributed by atoms with E-state index in [-0.39, 0.29) is 5.41 Å². The van der Waals surface area contributed by atoms with Crippen molar-refractivity contribution in [3.63, 3.8) is 0 Å². The standard InChI is InChI=1S/C19H21N7O3/c1-19(2,3)16-8-17(25-28-16)23-18(27)22-12-4-6-13(7-5-12)29-26-11-20-9-14-15(26)10-21-24-14/h4-11,21,24H,1-3H3,(H2,22,23,25,27). The highest BCUT2D eigenvalue weighted by molar-refractivity contribution is 5.99. The fraction of sp³-hybridized carbons (Fsp3) is 0.211. The molecule has 4 rings (SSSR count). The van der Waals surface area contributed by atoms with Gasteiger partial charge < -0.3 is 20.1 Å². The Balaban J connectivity index is 1.33. The number of aromatic nitrogens is 1. The van der Waals surface area contributed by atoms with Gasteiger partial charge in [-0.2, -0.15) is 5.06 Å². The molecule has 0 saturated heterocycles. The Bertz CT molecular complexity index is 1000. The highest BCUT2D eigenvalue weighted by Crippen LogP contribution is 2.25. The molecule has 2 amide bonds. The van der Waals surface area contributed by atoms with Gasteiger partial charge in [-0.05, 0) is 24.3 Å². The summed E-state index contributed by atoms with van der Waals surface area (Å²) in [6.07, 6.45) is 5.02. The van der Waals surface area contributed by atoms with Crippen molar-refractivity contribution in [1.29, 1.82) is 0 Å². The molecule has 0 bridgehead atoms. The molecule has 2 aliphatic heterocycles. The molecule has 29 heavy (non-hydrogen) atoms. The van der Waals surface area contributed by atoms with Crippen LogP contribution in [0.4, 0.5) is 16.3 Å². The molecular formula is C19H21N7O3. The van der Waals surface area contributed by atoms with Gasteiger partial charge in [-0.3, -0.25) is 10.7 Å². The van der Waals surface area contributed by atoms with Gasteiger partial charge in [0.1, 0.15) is 23.5 Å². The lowest BCUT2D eigenvalue weighted by Crippen LogP contribution is -2.29. The Hall–Kier alpha value is -3.95. The number of benzene rings is 1. The Labute approximate surface area is 167 Å². The molecule has 4 N–H and O–H groups in total. The van der Waals surface area contributed by atoms with Crippen LogP contribution in [0.1, 0.15) is 26.5 Å². The number of carbonyl (C=O) groups excluding carboxylic acids is 1. The monoisotopic (exact) mass is 395 g/mol. The summed E-state index contributed by atoms with van der Waals surface area (Å²) in [6.45, 7) is 6.01. The Morgan fingerprint density at radius 1 is 1.21 bits per heavy atom.